The molecule has 0 amide bonds. The minimum Gasteiger partial charge on any atom is -0.456 e. The van der Waals surface area contributed by atoms with Crippen LogP contribution in [0.2, 0.25) is 0 Å². The number of sulfonamides is 1. The number of carbonyl (C=O) groups excluding carboxylic acids is 2. The summed E-state index contributed by atoms with van der Waals surface area (Å²) in [6.07, 6.45) is 0. The Bertz CT molecular complexity index is 909. The van der Waals surface area contributed by atoms with E-state index in [1.54, 1.807) is 12.1 Å². The van der Waals surface area contributed by atoms with E-state index in [0.717, 1.165) is 11.6 Å². The van der Waals surface area contributed by atoms with Gasteiger partial charge in [0.2, 0.25) is 10.0 Å². The molecule has 0 aliphatic rings. The highest BCUT2D eigenvalue weighted by Gasteiger charge is 2.23. The van der Waals surface area contributed by atoms with Gasteiger partial charge in [-0.3, -0.25) is 9.59 Å². The van der Waals surface area contributed by atoms with E-state index < -0.39 is 40.2 Å². The predicted octanol–water partition coefficient (Wildman–Crippen LogP) is 2.23. The number of Topliss-reactive ketones (excluding diaryl/α,β-unsaturated/α-hetero) is 1. The number of nitrogens with one attached hydrogen (secondary N) is 1. The highest BCUT2D eigenvalue weighted by molar-refractivity contribution is 7.89. The van der Waals surface area contributed by atoms with Crippen molar-refractivity contribution < 1.29 is 27.1 Å². The monoisotopic (exact) mass is 379 g/mol. The zero-order valence-corrected chi connectivity index (χ0v) is 15.0. The van der Waals surface area contributed by atoms with Crippen LogP contribution in [0.4, 0.5) is 4.39 Å². The zero-order valence-electron chi connectivity index (χ0n) is 14.2. The van der Waals surface area contributed by atoms with Gasteiger partial charge in [-0.15, -0.1) is 0 Å². The summed E-state index contributed by atoms with van der Waals surface area (Å²) < 4.78 is 44.6. The van der Waals surface area contributed by atoms with Crippen LogP contribution in [0.25, 0.3) is 0 Å². The summed E-state index contributed by atoms with van der Waals surface area (Å²) in [4.78, 5) is 23.8. The van der Waals surface area contributed by atoms with Crippen molar-refractivity contribution in [2.75, 3.05) is 6.61 Å². The second-order valence-electron chi connectivity index (χ2n) is 5.70. The summed E-state index contributed by atoms with van der Waals surface area (Å²) in [7, 11) is -3.90. The van der Waals surface area contributed by atoms with Gasteiger partial charge >= 0.3 is 5.97 Å². The lowest BCUT2D eigenvalue weighted by Gasteiger charge is -2.13. The molecule has 0 aliphatic carbocycles. The lowest BCUT2D eigenvalue weighted by Crippen LogP contribution is -2.40. The van der Waals surface area contributed by atoms with Gasteiger partial charge in [0.25, 0.3) is 0 Å². The van der Waals surface area contributed by atoms with Gasteiger partial charge in [-0.2, -0.15) is 4.72 Å². The fourth-order valence-electron chi connectivity index (χ4n) is 2.07. The molecule has 0 saturated heterocycles. The fraction of sp³-hybridized carbons (Fsp3) is 0.222. The van der Waals surface area contributed by atoms with Gasteiger partial charge < -0.3 is 4.74 Å². The van der Waals surface area contributed by atoms with E-state index in [9.17, 15) is 22.4 Å². The average molecular weight is 379 g/mol. The molecule has 0 aliphatic heterocycles. The molecular weight excluding hydrogens is 361 g/mol. The number of hydrogen-bond acceptors (Lipinski definition) is 5. The van der Waals surface area contributed by atoms with Crippen LogP contribution in [0.1, 0.15) is 22.8 Å². The Morgan fingerprint density at radius 3 is 2.42 bits per heavy atom. The van der Waals surface area contributed by atoms with Crippen molar-refractivity contribution in [1.82, 2.24) is 4.72 Å². The molecule has 0 saturated carbocycles. The van der Waals surface area contributed by atoms with E-state index in [-0.39, 0.29) is 10.5 Å². The number of benzene rings is 2. The number of aryl methyl sites for hydroxylation is 1. The lowest BCUT2D eigenvalue weighted by atomic mass is 10.1. The van der Waals surface area contributed by atoms with Crippen molar-refractivity contribution >= 4 is 21.8 Å². The van der Waals surface area contributed by atoms with E-state index in [4.69, 9.17) is 4.74 Å². The second kappa shape index (κ2) is 8.20. The van der Waals surface area contributed by atoms with Crippen molar-refractivity contribution in [2.45, 2.75) is 24.8 Å². The third kappa shape index (κ3) is 5.21. The summed E-state index contributed by atoms with van der Waals surface area (Å²) in [5.41, 5.74) is 0.956. The molecule has 0 heterocycles. The topological polar surface area (TPSA) is 89.5 Å². The zero-order chi connectivity index (χ0) is 19.3. The van der Waals surface area contributed by atoms with Gasteiger partial charge in [0.05, 0.1) is 4.90 Å². The average Bonchev–Trinajstić information content (AvgIpc) is 2.59. The van der Waals surface area contributed by atoms with Gasteiger partial charge in [0.1, 0.15) is 11.9 Å². The molecule has 8 heteroatoms. The van der Waals surface area contributed by atoms with E-state index in [1.165, 1.54) is 37.3 Å². The van der Waals surface area contributed by atoms with Crippen LogP contribution in [-0.4, -0.2) is 32.8 Å². The minimum atomic E-state index is -3.90. The van der Waals surface area contributed by atoms with Gasteiger partial charge in [0, 0.05) is 5.56 Å². The highest BCUT2D eigenvalue weighted by atomic mass is 32.2. The van der Waals surface area contributed by atoms with E-state index >= 15 is 0 Å². The minimum absolute atomic E-state index is 0.0126. The van der Waals surface area contributed by atoms with Crippen molar-refractivity contribution in [3.8, 4) is 0 Å². The van der Waals surface area contributed by atoms with Gasteiger partial charge in [0.15, 0.2) is 12.4 Å². The maximum absolute atomic E-state index is 13.1. The van der Waals surface area contributed by atoms with Gasteiger partial charge in [-0.05, 0) is 38.1 Å². The number of esters is 1. The summed E-state index contributed by atoms with van der Waals surface area (Å²) in [6.45, 7) is 2.51. The van der Waals surface area contributed by atoms with Crippen LogP contribution < -0.4 is 4.72 Å². The van der Waals surface area contributed by atoms with Crippen LogP contribution >= 0.6 is 0 Å². The fourth-order valence-corrected chi connectivity index (χ4v) is 3.27. The van der Waals surface area contributed by atoms with Crippen LogP contribution in [0, 0.1) is 12.7 Å². The molecule has 0 spiro atoms. The van der Waals surface area contributed by atoms with Crippen molar-refractivity contribution in [3.05, 3.63) is 65.5 Å². The molecule has 138 valence electrons. The third-order valence-electron chi connectivity index (χ3n) is 3.51. The molecule has 0 aromatic heterocycles. The Balaban J connectivity index is 1.95. The maximum atomic E-state index is 13.1. The molecule has 2 aromatic rings. The Morgan fingerprint density at radius 1 is 1.15 bits per heavy atom. The van der Waals surface area contributed by atoms with Crippen LogP contribution in [0.15, 0.2) is 53.4 Å². The van der Waals surface area contributed by atoms with Gasteiger partial charge in [-0.25, -0.2) is 12.8 Å². The molecule has 0 radical (unpaired) electrons. The Labute approximate surface area is 151 Å². The molecular formula is C18H18FNO5S. The molecule has 26 heavy (non-hydrogen) atoms. The lowest BCUT2D eigenvalue weighted by molar-refractivity contribution is -0.144. The maximum Gasteiger partial charge on any atom is 0.324 e. The Morgan fingerprint density at radius 2 is 1.81 bits per heavy atom. The predicted molar refractivity (Wildman–Crippen MR) is 92.7 cm³/mol. The molecule has 1 N–H and O–H groups in total. The normalized spacial score (nSPS) is 12.4. The molecule has 1 atom stereocenters. The number of hydrogen-bond donors (Lipinski definition) is 1. The summed E-state index contributed by atoms with van der Waals surface area (Å²) in [5, 5.41) is 0. The second-order valence-corrected chi connectivity index (χ2v) is 7.41. The summed E-state index contributed by atoms with van der Waals surface area (Å²) >= 11 is 0. The molecule has 6 nitrogen and oxygen atoms in total. The first-order valence-electron chi connectivity index (χ1n) is 7.73. The Hall–Kier alpha value is -2.58. The number of rotatable bonds is 7. The first kappa shape index (κ1) is 19.7. The molecule has 0 unspecified atom stereocenters. The van der Waals surface area contributed by atoms with E-state index in [2.05, 4.69) is 4.72 Å². The quantitative estimate of drug-likeness (QED) is 0.589. The van der Waals surface area contributed by atoms with Crippen molar-refractivity contribution in [3.63, 3.8) is 0 Å². The molecule has 2 rings (SSSR count). The highest BCUT2D eigenvalue weighted by Crippen LogP contribution is 2.11. The Kier molecular flexibility index (Phi) is 6.23. The molecule has 0 bridgehead atoms. The SMILES string of the molecule is Cc1ccc(S(=O)(=O)N[C@@H](C)C(=O)OCC(=O)c2cccc(F)c2)cc1. The largest absolute Gasteiger partial charge is 0.456 e. The van der Waals surface area contributed by atoms with Gasteiger partial charge in [-0.1, -0.05) is 29.8 Å². The van der Waals surface area contributed by atoms with Crippen molar-refractivity contribution in [1.29, 1.82) is 0 Å². The molecule has 0 fully saturated rings. The standard InChI is InChI=1S/C18H18FNO5S/c1-12-6-8-16(9-7-12)26(23,24)20-13(2)18(22)25-11-17(21)14-4-3-5-15(19)10-14/h3-10,13,20H,11H2,1-2H3/t13-/m0/s1. The molecule has 2 aromatic carbocycles. The van der Waals surface area contributed by atoms with Crippen LogP contribution in [0.3, 0.4) is 0 Å². The van der Waals surface area contributed by atoms with E-state index in [0.29, 0.717) is 0 Å². The first-order chi connectivity index (χ1) is 12.2. The summed E-state index contributed by atoms with van der Waals surface area (Å²) in [5.74, 6) is -2.08. The van der Waals surface area contributed by atoms with Crippen molar-refractivity contribution in [2.24, 2.45) is 0 Å². The smallest absolute Gasteiger partial charge is 0.324 e. The number of ketones is 1. The van der Waals surface area contributed by atoms with E-state index in [1.807, 2.05) is 6.92 Å². The third-order valence-corrected chi connectivity index (χ3v) is 5.07. The number of halogens is 1. The van der Waals surface area contributed by atoms with Crippen LogP contribution in [-0.2, 0) is 19.6 Å². The number of carbonyl (C=O) groups is 2. The number of ether oxygens (including phenoxy) is 1. The first-order valence-corrected chi connectivity index (χ1v) is 9.22. The summed E-state index contributed by atoms with van der Waals surface area (Å²) in [6, 6.07) is 9.88. The van der Waals surface area contributed by atoms with Crippen LogP contribution in [0.5, 0.6) is 0 Å².